The second kappa shape index (κ2) is 7.92. The quantitative estimate of drug-likeness (QED) is 0.425. The first kappa shape index (κ1) is 18.6. The summed E-state index contributed by atoms with van der Waals surface area (Å²) in [7, 11) is 0. The zero-order valence-electron chi connectivity index (χ0n) is 12.8. The summed E-state index contributed by atoms with van der Waals surface area (Å²) in [6.45, 7) is 2.14. The maximum absolute atomic E-state index is 12.2. The van der Waals surface area contributed by atoms with Crippen LogP contribution in [0, 0.1) is 0 Å². The smallest absolute Gasteiger partial charge is 0.323 e. The molecule has 128 valence electrons. The third kappa shape index (κ3) is 3.85. The molecule has 1 aliphatic rings. The largest absolute Gasteiger partial charge is 0.466 e. The molecule has 0 unspecified atom stereocenters. The highest BCUT2D eigenvalue weighted by atomic mass is 35.5. The highest BCUT2D eigenvalue weighted by molar-refractivity contribution is 7.80. The number of amides is 2. The third-order valence-electron chi connectivity index (χ3n) is 3.27. The van der Waals surface area contributed by atoms with Gasteiger partial charge >= 0.3 is 17.8 Å². The number of hydrogen-bond donors (Lipinski definition) is 0. The van der Waals surface area contributed by atoms with Crippen LogP contribution < -0.4 is 4.90 Å². The third-order valence-corrected chi connectivity index (χ3v) is 4.23. The van der Waals surface area contributed by atoms with Crippen molar-refractivity contribution < 1.29 is 19.1 Å². The first-order chi connectivity index (χ1) is 11.4. The zero-order chi connectivity index (χ0) is 17.9. The minimum atomic E-state index is -0.805. The molecule has 1 aromatic rings. The summed E-state index contributed by atoms with van der Waals surface area (Å²) in [5.74, 6) is -1.93. The first-order valence-corrected chi connectivity index (χ1v) is 8.33. The second-order valence-corrected chi connectivity index (χ2v) is 6.09. The van der Waals surface area contributed by atoms with E-state index in [-0.39, 0.29) is 34.8 Å². The Labute approximate surface area is 154 Å². The van der Waals surface area contributed by atoms with Gasteiger partial charge in [-0.3, -0.25) is 19.3 Å². The highest BCUT2D eigenvalue weighted by Crippen LogP contribution is 2.32. The fourth-order valence-corrected chi connectivity index (χ4v) is 2.91. The monoisotopic (exact) mass is 388 g/mol. The van der Waals surface area contributed by atoms with Gasteiger partial charge in [0.05, 0.1) is 17.3 Å². The van der Waals surface area contributed by atoms with Crippen molar-refractivity contribution in [3.8, 4) is 0 Å². The molecule has 1 fully saturated rings. The maximum atomic E-state index is 12.2. The fourth-order valence-electron chi connectivity index (χ4n) is 2.19. The van der Waals surface area contributed by atoms with Crippen molar-refractivity contribution in [1.29, 1.82) is 0 Å². The lowest BCUT2D eigenvalue weighted by atomic mass is 10.3. The SMILES string of the molecule is CCOC(=O)CCCN1C(=O)C(=O)N(c2cc(Cl)ccc2Cl)C1=S. The normalized spacial score (nSPS) is 14.5. The molecule has 0 aliphatic carbocycles. The van der Waals surface area contributed by atoms with E-state index in [2.05, 4.69) is 0 Å². The summed E-state index contributed by atoms with van der Waals surface area (Å²) in [6.07, 6.45) is 0.460. The summed E-state index contributed by atoms with van der Waals surface area (Å²) in [6, 6.07) is 4.54. The summed E-state index contributed by atoms with van der Waals surface area (Å²) >= 11 is 17.2. The number of thiocarbonyl (C=S) groups is 1. The molecule has 0 radical (unpaired) electrons. The molecular formula is C15H14Cl2N2O4S. The summed E-state index contributed by atoms with van der Waals surface area (Å²) in [5, 5.41) is 0.618. The molecule has 2 rings (SSSR count). The van der Waals surface area contributed by atoms with Gasteiger partial charge in [0.2, 0.25) is 0 Å². The highest BCUT2D eigenvalue weighted by Gasteiger charge is 2.42. The molecule has 2 amide bonds. The predicted octanol–water partition coefficient (Wildman–Crippen LogP) is 2.80. The molecule has 0 atom stereocenters. The van der Waals surface area contributed by atoms with Gasteiger partial charge < -0.3 is 4.74 Å². The molecule has 24 heavy (non-hydrogen) atoms. The lowest BCUT2D eigenvalue weighted by Crippen LogP contribution is -2.34. The Balaban J connectivity index is 2.13. The Bertz CT molecular complexity index is 711. The van der Waals surface area contributed by atoms with E-state index in [0.29, 0.717) is 18.1 Å². The van der Waals surface area contributed by atoms with Gasteiger partial charge in [-0.25, -0.2) is 4.90 Å². The topological polar surface area (TPSA) is 66.9 Å². The number of rotatable bonds is 6. The van der Waals surface area contributed by atoms with E-state index in [1.54, 1.807) is 13.0 Å². The van der Waals surface area contributed by atoms with Crippen LogP contribution in [0.4, 0.5) is 5.69 Å². The molecule has 1 aromatic carbocycles. The Hall–Kier alpha value is -1.70. The van der Waals surface area contributed by atoms with Crippen molar-refractivity contribution in [3.63, 3.8) is 0 Å². The van der Waals surface area contributed by atoms with Crippen LogP contribution in [-0.2, 0) is 19.1 Å². The van der Waals surface area contributed by atoms with Crippen molar-refractivity contribution in [2.24, 2.45) is 0 Å². The molecule has 0 bridgehead atoms. The number of anilines is 1. The molecule has 1 heterocycles. The number of nitrogens with zero attached hydrogens (tertiary/aromatic N) is 2. The standard InChI is InChI=1S/C15H14Cl2N2O4S/c1-2-23-12(20)4-3-7-18-13(21)14(22)19(15(18)24)11-8-9(16)5-6-10(11)17/h5-6,8H,2-4,7H2,1H3. The number of ether oxygens (including phenoxy) is 1. The number of carbonyl (C=O) groups is 3. The average Bonchev–Trinajstić information content (AvgIpc) is 2.74. The Morgan fingerprint density at radius 3 is 2.62 bits per heavy atom. The van der Waals surface area contributed by atoms with Crippen LogP contribution in [0.2, 0.25) is 10.0 Å². The summed E-state index contributed by atoms with van der Waals surface area (Å²) < 4.78 is 4.82. The van der Waals surface area contributed by atoms with E-state index in [1.807, 2.05) is 0 Å². The number of carbonyl (C=O) groups excluding carboxylic acids is 3. The zero-order valence-corrected chi connectivity index (χ0v) is 15.1. The molecule has 0 spiro atoms. The van der Waals surface area contributed by atoms with E-state index in [0.717, 1.165) is 9.80 Å². The molecule has 0 aromatic heterocycles. The number of esters is 1. The van der Waals surface area contributed by atoms with Crippen LogP contribution in [-0.4, -0.2) is 40.9 Å². The molecule has 1 aliphatic heterocycles. The Kier molecular flexibility index (Phi) is 6.15. The molecule has 6 nitrogen and oxygen atoms in total. The number of benzene rings is 1. The number of halogens is 2. The van der Waals surface area contributed by atoms with Gasteiger partial charge in [0.1, 0.15) is 0 Å². The minimum absolute atomic E-state index is 0.0121. The summed E-state index contributed by atoms with van der Waals surface area (Å²) in [4.78, 5) is 37.9. The van der Waals surface area contributed by atoms with Crippen LogP contribution in [0.3, 0.4) is 0 Å². The van der Waals surface area contributed by atoms with Crippen molar-refractivity contribution >= 4 is 64.0 Å². The van der Waals surface area contributed by atoms with Crippen LogP contribution in [0.1, 0.15) is 19.8 Å². The lowest BCUT2D eigenvalue weighted by molar-refractivity contribution is -0.143. The van der Waals surface area contributed by atoms with Crippen molar-refractivity contribution in [2.45, 2.75) is 19.8 Å². The molecule has 1 saturated heterocycles. The van der Waals surface area contributed by atoms with Crippen molar-refractivity contribution in [2.75, 3.05) is 18.1 Å². The van der Waals surface area contributed by atoms with Crippen LogP contribution in [0.15, 0.2) is 18.2 Å². The van der Waals surface area contributed by atoms with E-state index in [1.165, 1.54) is 12.1 Å². The van der Waals surface area contributed by atoms with E-state index < -0.39 is 11.8 Å². The molecular weight excluding hydrogens is 375 g/mol. The fraction of sp³-hybridized carbons (Fsp3) is 0.333. The van der Waals surface area contributed by atoms with E-state index in [4.69, 9.17) is 40.2 Å². The van der Waals surface area contributed by atoms with Gasteiger partial charge in [0.15, 0.2) is 5.11 Å². The second-order valence-electron chi connectivity index (χ2n) is 4.88. The Morgan fingerprint density at radius 1 is 1.25 bits per heavy atom. The Morgan fingerprint density at radius 2 is 1.96 bits per heavy atom. The van der Waals surface area contributed by atoms with Crippen LogP contribution in [0.25, 0.3) is 0 Å². The van der Waals surface area contributed by atoms with Crippen LogP contribution in [0.5, 0.6) is 0 Å². The van der Waals surface area contributed by atoms with Gasteiger partial charge in [-0.1, -0.05) is 23.2 Å². The average molecular weight is 389 g/mol. The molecule has 0 saturated carbocycles. The van der Waals surface area contributed by atoms with Gasteiger partial charge in [0, 0.05) is 18.0 Å². The number of hydrogen-bond acceptors (Lipinski definition) is 5. The minimum Gasteiger partial charge on any atom is -0.466 e. The molecule has 9 heteroatoms. The maximum Gasteiger partial charge on any atom is 0.323 e. The predicted molar refractivity (Wildman–Crippen MR) is 94.1 cm³/mol. The van der Waals surface area contributed by atoms with Crippen LogP contribution >= 0.6 is 35.4 Å². The van der Waals surface area contributed by atoms with Gasteiger partial charge in [-0.2, -0.15) is 0 Å². The molecule has 0 N–H and O–H groups in total. The van der Waals surface area contributed by atoms with Gasteiger partial charge in [-0.05, 0) is 43.8 Å². The summed E-state index contributed by atoms with van der Waals surface area (Å²) in [5.41, 5.74) is 0.250. The lowest BCUT2D eigenvalue weighted by Gasteiger charge is -2.19. The van der Waals surface area contributed by atoms with Gasteiger partial charge in [0.25, 0.3) is 0 Å². The van der Waals surface area contributed by atoms with E-state index >= 15 is 0 Å². The van der Waals surface area contributed by atoms with Gasteiger partial charge in [-0.15, -0.1) is 0 Å². The van der Waals surface area contributed by atoms with Crippen molar-refractivity contribution in [1.82, 2.24) is 4.90 Å². The van der Waals surface area contributed by atoms with Crippen molar-refractivity contribution in [3.05, 3.63) is 28.2 Å². The van der Waals surface area contributed by atoms with E-state index in [9.17, 15) is 14.4 Å². The first-order valence-electron chi connectivity index (χ1n) is 7.17.